The minimum atomic E-state index is 0.0432. The first-order valence-electron chi connectivity index (χ1n) is 8.90. The number of aromatic hydroxyl groups is 1. The molecule has 2 N–H and O–H groups in total. The number of piperazine rings is 1. The van der Waals surface area contributed by atoms with Crippen LogP contribution in [0.5, 0.6) is 5.75 Å². The maximum atomic E-state index is 12.1. The Labute approximate surface area is 164 Å². The first kappa shape index (κ1) is 19.7. The summed E-state index contributed by atoms with van der Waals surface area (Å²) in [6.07, 6.45) is 0.809. The molecule has 4 rings (SSSR count). The van der Waals surface area contributed by atoms with Crippen molar-refractivity contribution in [2.24, 2.45) is 0 Å². The molecular weight excluding hydrogens is 377 g/mol. The monoisotopic (exact) mass is 401 g/mol. The molecule has 0 aliphatic carbocycles. The van der Waals surface area contributed by atoms with Crippen LogP contribution in [0.4, 0.5) is 0 Å². The number of hydrogen-bond acceptors (Lipinski definition) is 5. The van der Waals surface area contributed by atoms with Crippen LogP contribution in [0.1, 0.15) is 17.9 Å². The number of rotatable bonds is 1. The molecule has 144 valence electrons. The molecule has 3 fully saturated rings. The zero-order chi connectivity index (χ0) is 18.7. The predicted molar refractivity (Wildman–Crippen MR) is 102 cm³/mol. The van der Waals surface area contributed by atoms with Crippen LogP contribution in [0, 0.1) is 0 Å². The van der Waals surface area contributed by atoms with Crippen LogP contribution < -0.4 is 5.32 Å². The van der Waals surface area contributed by atoms with E-state index in [9.17, 15) is 9.90 Å². The molecule has 0 saturated carbocycles. The summed E-state index contributed by atoms with van der Waals surface area (Å²) in [5, 5.41) is 14.1. The van der Waals surface area contributed by atoms with Crippen LogP contribution >= 0.6 is 23.2 Å². The van der Waals surface area contributed by atoms with Crippen molar-refractivity contribution in [2.45, 2.75) is 18.4 Å². The van der Waals surface area contributed by atoms with Gasteiger partial charge in [-0.15, -0.1) is 0 Å². The van der Waals surface area contributed by atoms with Crippen molar-refractivity contribution in [3.05, 3.63) is 27.7 Å². The number of carbonyl (C=O) groups is 1. The number of likely N-dealkylation sites (N-methyl/N-ethyl adjacent to an activating group) is 1. The molecule has 0 aromatic heterocycles. The number of fused-ring (bicyclic) bond motifs is 1. The van der Waals surface area contributed by atoms with E-state index in [1.54, 1.807) is 12.1 Å². The minimum Gasteiger partial charge on any atom is -0.508 e. The van der Waals surface area contributed by atoms with Gasteiger partial charge in [-0.3, -0.25) is 9.69 Å². The molecular formula is C18H25Cl2N3O3. The standard InChI is InChI=1S/C14H16Cl2N2O2.C4H9NO/c1-17-6-9-4-8(5-18(9)12(20)7-17)13-11(19)3-2-10(15)14(13)16;1-3-6-4-2-5-1/h2-3,8-9,19H,4-7H2,1H3;5H,1-4H2. The lowest BCUT2D eigenvalue weighted by Crippen LogP contribution is -2.52. The maximum Gasteiger partial charge on any atom is 0.237 e. The van der Waals surface area contributed by atoms with Crippen molar-refractivity contribution in [1.29, 1.82) is 0 Å². The van der Waals surface area contributed by atoms with Crippen LogP contribution in [0.15, 0.2) is 12.1 Å². The number of carbonyl (C=O) groups excluding carboxylic acids is 1. The number of halogens is 2. The summed E-state index contributed by atoms with van der Waals surface area (Å²) in [6, 6.07) is 3.35. The third-order valence-corrected chi connectivity index (χ3v) is 5.85. The van der Waals surface area contributed by atoms with Gasteiger partial charge in [0.2, 0.25) is 5.91 Å². The molecule has 6 nitrogen and oxygen atoms in total. The Balaban J connectivity index is 0.000000278. The quantitative estimate of drug-likeness (QED) is 0.752. The zero-order valence-electron chi connectivity index (χ0n) is 14.9. The summed E-state index contributed by atoms with van der Waals surface area (Å²) in [4.78, 5) is 16.0. The third kappa shape index (κ3) is 4.43. The summed E-state index contributed by atoms with van der Waals surface area (Å²) in [5.41, 5.74) is 0.670. The number of benzene rings is 1. The molecule has 2 unspecified atom stereocenters. The highest BCUT2D eigenvalue weighted by Crippen LogP contribution is 2.43. The second-order valence-electron chi connectivity index (χ2n) is 6.99. The lowest BCUT2D eigenvalue weighted by Gasteiger charge is -2.34. The maximum absolute atomic E-state index is 12.1. The number of nitrogens with zero attached hydrogens (tertiary/aromatic N) is 2. The molecule has 0 spiro atoms. The van der Waals surface area contributed by atoms with Gasteiger partial charge >= 0.3 is 0 Å². The average molecular weight is 402 g/mol. The number of hydrogen-bond donors (Lipinski definition) is 2. The number of phenols is 1. The summed E-state index contributed by atoms with van der Waals surface area (Å²) in [5.74, 6) is 0.343. The molecule has 8 heteroatoms. The van der Waals surface area contributed by atoms with Crippen molar-refractivity contribution in [1.82, 2.24) is 15.1 Å². The smallest absolute Gasteiger partial charge is 0.237 e. The Hall–Kier alpha value is -1.05. The molecule has 1 aromatic carbocycles. The van der Waals surface area contributed by atoms with Gasteiger partial charge in [-0.2, -0.15) is 0 Å². The number of nitrogens with one attached hydrogen (secondary N) is 1. The van der Waals surface area contributed by atoms with Crippen LogP contribution in [0.3, 0.4) is 0 Å². The number of amides is 1. The summed E-state index contributed by atoms with van der Waals surface area (Å²) >= 11 is 12.3. The van der Waals surface area contributed by atoms with Crippen molar-refractivity contribution >= 4 is 29.1 Å². The van der Waals surface area contributed by atoms with Crippen LogP contribution in [0.2, 0.25) is 10.0 Å². The number of phenolic OH excluding ortho intramolecular Hbond substituents is 1. The van der Waals surface area contributed by atoms with E-state index in [1.165, 1.54) is 0 Å². The molecule has 3 aliphatic heterocycles. The van der Waals surface area contributed by atoms with Gasteiger partial charge in [0, 0.05) is 43.7 Å². The van der Waals surface area contributed by atoms with E-state index in [4.69, 9.17) is 27.9 Å². The van der Waals surface area contributed by atoms with Crippen molar-refractivity contribution < 1.29 is 14.6 Å². The first-order chi connectivity index (χ1) is 12.5. The van der Waals surface area contributed by atoms with E-state index in [1.807, 2.05) is 16.8 Å². The highest BCUT2D eigenvalue weighted by atomic mass is 35.5. The largest absolute Gasteiger partial charge is 0.508 e. The third-order valence-electron chi connectivity index (χ3n) is 5.03. The predicted octanol–water partition coefficient (Wildman–Crippen LogP) is 1.94. The van der Waals surface area contributed by atoms with Gasteiger partial charge in [0.1, 0.15) is 5.75 Å². The lowest BCUT2D eigenvalue weighted by atomic mass is 9.95. The van der Waals surface area contributed by atoms with Crippen LogP contribution in [-0.4, -0.2) is 79.8 Å². The molecule has 0 radical (unpaired) electrons. The molecule has 2 atom stereocenters. The topological polar surface area (TPSA) is 65.0 Å². The lowest BCUT2D eigenvalue weighted by molar-refractivity contribution is -0.136. The molecule has 3 aliphatic rings. The van der Waals surface area contributed by atoms with Crippen LogP contribution in [-0.2, 0) is 9.53 Å². The van der Waals surface area contributed by atoms with E-state index >= 15 is 0 Å². The van der Waals surface area contributed by atoms with Crippen molar-refractivity contribution in [3.63, 3.8) is 0 Å². The van der Waals surface area contributed by atoms with Crippen molar-refractivity contribution in [3.8, 4) is 5.75 Å². The Morgan fingerprint density at radius 2 is 1.96 bits per heavy atom. The summed E-state index contributed by atoms with van der Waals surface area (Å²) in [7, 11) is 1.95. The van der Waals surface area contributed by atoms with Crippen molar-refractivity contribution in [2.75, 3.05) is 53.0 Å². The highest BCUT2D eigenvalue weighted by molar-refractivity contribution is 6.42. The second-order valence-corrected chi connectivity index (χ2v) is 7.77. The fourth-order valence-electron chi connectivity index (χ4n) is 3.81. The van der Waals surface area contributed by atoms with Gasteiger partial charge in [-0.25, -0.2) is 0 Å². The normalized spacial score (nSPS) is 26.3. The second kappa shape index (κ2) is 8.76. The van der Waals surface area contributed by atoms with Gasteiger partial charge < -0.3 is 20.1 Å². The Morgan fingerprint density at radius 3 is 2.58 bits per heavy atom. The minimum absolute atomic E-state index is 0.0432. The van der Waals surface area contributed by atoms with Gasteiger partial charge in [0.15, 0.2) is 0 Å². The average Bonchev–Trinajstić information content (AvgIpc) is 3.04. The SMILES string of the molecule is C1COCCN1.CN1CC(=O)N2CC(c3c(O)ccc(Cl)c3Cl)CC2C1. The van der Waals surface area contributed by atoms with E-state index in [2.05, 4.69) is 5.32 Å². The van der Waals surface area contributed by atoms with E-state index < -0.39 is 0 Å². The molecule has 3 saturated heterocycles. The van der Waals surface area contributed by atoms with Gasteiger partial charge in [0.05, 0.1) is 29.8 Å². The fourth-order valence-corrected chi connectivity index (χ4v) is 4.29. The molecule has 1 amide bonds. The zero-order valence-corrected chi connectivity index (χ0v) is 16.4. The van der Waals surface area contributed by atoms with Crippen LogP contribution in [0.25, 0.3) is 0 Å². The molecule has 0 bridgehead atoms. The van der Waals surface area contributed by atoms with E-state index in [0.717, 1.165) is 39.3 Å². The van der Waals surface area contributed by atoms with Gasteiger partial charge in [-0.05, 0) is 25.6 Å². The molecule has 3 heterocycles. The van der Waals surface area contributed by atoms with E-state index in [0.29, 0.717) is 28.7 Å². The van der Waals surface area contributed by atoms with E-state index in [-0.39, 0.29) is 23.6 Å². The number of morpholine rings is 1. The Kier molecular flexibility index (Phi) is 6.64. The van der Waals surface area contributed by atoms with Gasteiger partial charge in [-0.1, -0.05) is 23.2 Å². The Bertz CT molecular complexity index is 643. The first-order valence-corrected chi connectivity index (χ1v) is 9.66. The molecule has 1 aromatic rings. The molecule has 26 heavy (non-hydrogen) atoms. The van der Waals surface area contributed by atoms with Gasteiger partial charge in [0.25, 0.3) is 0 Å². The summed E-state index contributed by atoms with van der Waals surface area (Å²) in [6.45, 7) is 5.75. The summed E-state index contributed by atoms with van der Waals surface area (Å²) < 4.78 is 5.01. The highest BCUT2D eigenvalue weighted by Gasteiger charge is 2.41. The Morgan fingerprint density at radius 1 is 1.23 bits per heavy atom. The fraction of sp³-hybridized carbons (Fsp3) is 0.611. The number of ether oxygens (including phenoxy) is 1.